The van der Waals surface area contributed by atoms with Crippen molar-refractivity contribution in [3.8, 4) is 0 Å². The predicted octanol–water partition coefficient (Wildman–Crippen LogP) is 2.38. The van der Waals surface area contributed by atoms with Gasteiger partial charge in [-0.1, -0.05) is 32.1 Å². The smallest absolute Gasteiger partial charge is 0.0168 e. The van der Waals surface area contributed by atoms with Crippen LogP contribution >= 0.6 is 0 Å². The molecule has 2 N–H and O–H groups in total. The molecule has 2 nitrogen and oxygen atoms in total. The molecule has 1 saturated carbocycles. The molecule has 88 valence electrons. The minimum absolute atomic E-state index is 0.449. The fourth-order valence-electron chi connectivity index (χ4n) is 3.14. The van der Waals surface area contributed by atoms with E-state index in [0.717, 1.165) is 12.5 Å². The van der Waals surface area contributed by atoms with E-state index in [1.807, 2.05) is 0 Å². The van der Waals surface area contributed by atoms with Gasteiger partial charge < -0.3 is 10.6 Å². The molecule has 2 fully saturated rings. The van der Waals surface area contributed by atoms with Gasteiger partial charge in [-0.3, -0.25) is 0 Å². The first kappa shape index (κ1) is 11.4. The normalized spacial score (nSPS) is 30.6. The van der Waals surface area contributed by atoms with Crippen molar-refractivity contribution >= 4 is 0 Å². The van der Waals surface area contributed by atoms with Crippen LogP contribution in [0.4, 0.5) is 0 Å². The number of piperidine rings is 1. The molecule has 0 aromatic heterocycles. The highest BCUT2D eigenvalue weighted by Crippen LogP contribution is 2.26. The van der Waals surface area contributed by atoms with Gasteiger partial charge in [-0.15, -0.1) is 0 Å². The van der Waals surface area contributed by atoms with E-state index in [2.05, 4.69) is 4.90 Å². The summed E-state index contributed by atoms with van der Waals surface area (Å²) in [6.07, 6.45) is 11.4. The second-order valence-corrected chi connectivity index (χ2v) is 5.50. The van der Waals surface area contributed by atoms with Crippen molar-refractivity contribution in [1.82, 2.24) is 4.90 Å². The summed E-state index contributed by atoms with van der Waals surface area (Å²) in [6, 6.07) is 0.449. The molecule has 0 radical (unpaired) electrons. The standard InChI is InChI=1S/C13H26N2/c14-13-7-4-9-15(11-13)10-8-12-5-2-1-3-6-12/h12-13H,1-11,14H2. The van der Waals surface area contributed by atoms with E-state index >= 15 is 0 Å². The van der Waals surface area contributed by atoms with Crippen LogP contribution in [0.1, 0.15) is 51.4 Å². The van der Waals surface area contributed by atoms with Crippen LogP contribution in [0.3, 0.4) is 0 Å². The Bertz CT molecular complexity index is 175. The average Bonchev–Trinajstić information content (AvgIpc) is 2.28. The highest BCUT2D eigenvalue weighted by molar-refractivity contribution is 4.76. The third-order valence-electron chi connectivity index (χ3n) is 4.12. The van der Waals surface area contributed by atoms with Gasteiger partial charge in [0.15, 0.2) is 0 Å². The van der Waals surface area contributed by atoms with E-state index in [9.17, 15) is 0 Å². The Kier molecular flexibility index (Phi) is 4.45. The second kappa shape index (κ2) is 5.86. The summed E-state index contributed by atoms with van der Waals surface area (Å²) in [5.74, 6) is 1.02. The van der Waals surface area contributed by atoms with Crippen molar-refractivity contribution in [3.63, 3.8) is 0 Å². The third-order valence-corrected chi connectivity index (χ3v) is 4.12. The van der Waals surface area contributed by atoms with Crippen molar-refractivity contribution in [2.24, 2.45) is 11.7 Å². The molecule has 1 aliphatic heterocycles. The average molecular weight is 210 g/mol. The first-order chi connectivity index (χ1) is 7.34. The van der Waals surface area contributed by atoms with Gasteiger partial charge in [0, 0.05) is 12.6 Å². The van der Waals surface area contributed by atoms with Gasteiger partial charge >= 0.3 is 0 Å². The Morgan fingerprint density at radius 1 is 1.00 bits per heavy atom. The molecular formula is C13H26N2. The van der Waals surface area contributed by atoms with Crippen LogP contribution in [0.2, 0.25) is 0 Å². The maximum atomic E-state index is 5.99. The summed E-state index contributed by atoms with van der Waals surface area (Å²) in [7, 11) is 0. The molecule has 0 spiro atoms. The maximum Gasteiger partial charge on any atom is 0.0168 e. The fourth-order valence-corrected chi connectivity index (χ4v) is 3.14. The predicted molar refractivity (Wildman–Crippen MR) is 64.8 cm³/mol. The van der Waals surface area contributed by atoms with Gasteiger partial charge in [0.05, 0.1) is 0 Å². The molecule has 0 aromatic rings. The zero-order valence-electron chi connectivity index (χ0n) is 9.96. The highest BCUT2D eigenvalue weighted by atomic mass is 15.1. The number of rotatable bonds is 3. The van der Waals surface area contributed by atoms with Crippen LogP contribution in [0.5, 0.6) is 0 Å². The first-order valence-corrected chi connectivity index (χ1v) is 6.82. The SMILES string of the molecule is NC1CCCN(CCC2CCCCC2)C1. The van der Waals surface area contributed by atoms with Crippen molar-refractivity contribution < 1.29 is 0 Å². The minimum Gasteiger partial charge on any atom is -0.327 e. The molecular weight excluding hydrogens is 184 g/mol. The van der Waals surface area contributed by atoms with Gasteiger partial charge in [0.2, 0.25) is 0 Å². The van der Waals surface area contributed by atoms with Gasteiger partial charge in [0.1, 0.15) is 0 Å². The van der Waals surface area contributed by atoms with Crippen molar-refractivity contribution in [1.29, 1.82) is 0 Å². The molecule has 1 saturated heterocycles. The number of nitrogens with two attached hydrogens (primary N) is 1. The Labute approximate surface area is 94.2 Å². The lowest BCUT2D eigenvalue weighted by atomic mass is 9.87. The number of hydrogen-bond donors (Lipinski definition) is 1. The van der Waals surface area contributed by atoms with Crippen molar-refractivity contribution in [2.45, 2.75) is 57.4 Å². The number of nitrogens with zero attached hydrogens (tertiary/aromatic N) is 1. The molecule has 1 unspecified atom stereocenters. The Morgan fingerprint density at radius 3 is 2.53 bits per heavy atom. The van der Waals surface area contributed by atoms with E-state index in [-0.39, 0.29) is 0 Å². The van der Waals surface area contributed by atoms with E-state index in [1.165, 1.54) is 64.5 Å². The Balaban J connectivity index is 1.63. The number of likely N-dealkylation sites (tertiary alicyclic amines) is 1. The zero-order valence-corrected chi connectivity index (χ0v) is 9.96. The van der Waals surface area contributed by atoms with Crippen LogP contribution in [-0.4, -0.2) is 30.6 Å². The molecule has 0 bridgehead atoms. The second-order valence-electron chi connectivity index (χ2n) is 5.50. The molecule has 1 aliphatic carbocycles. The molecule has 2 heteroatoms. The molecule has 0 aromatic carbocycles. The van der Waals surface area contributed by atoms with Crippen LogP contribution in [0.25, 0.3) is 0 Å². The Hall–Kier alpha value is -0.0800. The maximum absolute atomic E-state index is 5.99. The zero-order chi connectivity index (χ0) is 10.5. The summed E-state index contributed by atoms with van der Waals surface area (Å²) in [5.41, 5.74) is 5.99. The van der Waals surface area contributed by atoms with Gasteiger partial charge in [-0.25, -0.2) is 0 Å². The number of hydrogen-bond acceptors (Lipinski definition) is 2. The Morgan fingerprint density at radius 2 is 1.80 bits per heavy atom. The molecule has 0 amide bonds. The molecule has 2 aliphatic rings. The van der Waals surface area contributed by atoms with Crippen LogP contribution in [0, 0.1) is 5.92 Å². The summed E-state index contributed by atoms with van der Waals surface area (Å²) in [6.45, 7) is 3.74. The summed E-state index contributed by atoms with van der Waals surface area (Å²) in [5, 5.41) is 0. The van der Waals surface area contributed by atoms with Crippen LogP contribution in [0.15, 0.2) is 0 Å². The lowest BCUT2D eigenvalue weighted by Gasteiger charge is -2.32. The summed E-state index contributed by atoms with van der Waals surface area (Å²) < 4.78 is 0. The van der Waals surface area contributed by atoms with E-state index in [1.54, 1.807) is 0 Å². The molecule has 2 rings (SSSR count). The first-order valence-electron chi connectivity index (χ1n) is 6.82. The third kappa shape index (κ3) is 3.76. The minimum atomic E-state index is 0.449. The molecule has 15 heavy (non-hydrogen) atoms. The molecule has 1 heterocycles. The van der Waals surface area contributed by atoms with Crippen molar-refractivity contribution in [3.05, 3.63) is 0 Å². The van der Waals surface area contributed by atoms with Gasteiger partial charge in [0.25, 0.3) is 0 Å². The monoisotopic (exact) mass is 210 g/mol. The van der Waals surface area contributed by atoms with Crippen LogP contribution < -0.4 is 5.73 Å². The van der Waals surface area contributed by atoms with Gasteiger partial charge in [-0.2, -0.15) is 0 Å². The summed E-state index contributed by atoms with van der Waals surface area (Å²) in [4.78, 5) is 2.59. The largest absolute Gasteiger partial charge is 0.327 e. The fraction of sp³-hybridized carbons (Fsp3) is 1.00. The van der Waals surface area contributed by atoms with E-state index in [4.69, 9.17) is 5.73 Å². The summed E-state index contributed by atoms with van der Waals surface area (Å²) >= 11 is 0. The highest BCUT2D eigenvalue weighted by Gasteiger charge is 2.18. The lowest BCUT2D eigenvalue weighted by molar-refractivity contribution is 0.186. The lowest BCUT2D eigenvalue weighted by Crippen LogP contribution is -2.43. The topological polar surface area (TPSA) is 29.3 Å². The van der Waals surface area contributed by atoms with E-state index in [0.29, 0.717) is 6.04 Å². The van der Waals surface area contributed by atoms with E-state index < -0.39 is 0 Å². The quantitative estimate of drug-likeness (QED) is 0.775. The van der Waals surface area contributed by atoms with Crippen LogP contribution in [-0.2, 0) is 0 Å². The molecule has 1 atom stereocenters. The van der Waals surface area contributed by atoms with Crippen molar-refractivity contribution in [2.75, 3.05) is 19.6 Å². The van der Waals surface area contributed by atoms with Gasteiger partial charge in [-0.05, 0) is 38.3 Å².